The van der Waals surface area contributed by atoms with Crippen LogP contribution < -0.4 is 0 Å². The lowest BCUT2D eigenvalue weighted by molar-refractivity contribution is -0.136. The summed E-state index contributed by atoms with van der Waals surface area (Å²) in [5.41, 5.74) is 0. The fourth-order valence-corrected chi connectivity index (χ4v) is 0. The van der Waals surface area contributed by atoms with E-state index in [1.165, 1.54) is 20.8 Å². The normalized spacial score (nSPS) is 11.5. The molecule has 0 radical (unpaired) electrons. The second-order valence-electron chi connectivity index (χ2n) is 3.46. The van der Waals surface area contributed by atoms with E-state index in [4.69, 9.17) is 14.9 Å². The highest BCUT2D eigenvalue weighted by atomic mass is 31.2. The van der Waals surface area contributed by atoms with Crippen molar-refractivity contribution in [2.45, 2.75) is 39.3 Å². The Balaban J connectivity index is 0. The molecule has 0 aliphatic carbocycles. The third-order valence-electron chi connectivity index (χ3n) is 1.18. The van der Waals surface area contributed by atoms with Crippen LogP contribution in [0.3, 0.4) is 0 Å². The quantitative estimate of drug-likeness (QED) is 0.571. The van der Waals surface area contributed by atoms with Gasteiger partial charge in [-0.15, -0.1) is 0 Å². The summed E-state index contributed by atoms with van der Waals surface area (Å²) in [5.74, 6) is -0.745. The smallest absolute Gasteiger partial charge is 0.330 e. The van der Waals surface area contributed by atoms with E-state index in [-0.39, 0.29) is 6.42 Å². The summed E-state index contributed by atoms with van der Waals surface area (Å²) in [6, 6.07) is 0. The van der Waals surface area contributed by atoms with Crippen molar-refractivity contribution in [1.29, 1.82) is 0 Å². The first-order chi connectivity index (χ1) is 5.52. The molecule has 80 valence electrons. The van der Waals surface area contributed by atoms with Gasteiger partial charge in [0, 0.05) is 6.42 Å². The SMILES string of the molecule is CC(C)(C)P(=O)(O)O.CCC(=O)O. The molecule has 0 spiro atoms. The van der Waals surface area contributed by atoms with E-state index in [2.05, 4.69) is 0 Å². The van der Waals surface area contributed by atoms with Gasteiger partial charge in [-0.25, -0.2) is 0 Å². The van der Waals surface area contributed by atoms with E-state index >= 15 is 0 Å². The predicted molar refractivity (Wildman–Crippen MR) is 49.7 cm³/mol. The number of aliphatic carboxylic acids is 1. The fraction of sp³-hybridized carbons (Fsp3) is 0.857. The summed E-state index contributed by atoms with van der Waals surface area (Å²) in [4.78, 5) is 26.3. The van der Waals surface area contributed by atoms with Gasteiger partial charge in [0.2, 0.25) is 0 Å². The van der Waals surface area contributed by atoms with Gasteiger partial charge in [0.15, 0.2) is 0 Å². The van der Waals surface area contributed by atoms with Crippen molar-refractivity contribution in [2.24, 2.45) is 0 Å². The van der Waals surface area contributed by atoms with Crippen LogP contribution in [0.1, 0.15) is 34.1 Å². The molecule has 0 saturated carbocycles. The molecule has 0 aromatic rings. The topological polar surface area (TPSA) is 94.8 Å². The number of carbonyl (C=O) groups is 1. The van der Waals surface area contributed by atoms with Crippen molar-refractivity contribution in [3.8, 4) is 0 Å². The molecular formula is C7H17O5P. The minimum absolute atomic E-state index is 0.222. The molecule has 0 heterocycles. The maximum absolute atomic E-state index is 10.3. The molecule has 0 atom stereocenters. The summed E-state index contributed by atoms with van der Waals surface area (Å²) in [6.07, 6.45) is 0.222. The summed E-state index contributed by atoms with van der Waals surface area (Å²) in [5, 5.41) is 6.83. The molecule has 0 aliphatic heterocycles. The standard InChI is InChI=1S/C4H11O3P.C3H6O2/c1-4(2,3)8(5,6)7;1-2-3(4)5/h1-3H3,(H2,5,6,7);2H2,1H3,(H,4,5). The molecule has 0 aromatic heterocycles. The van der Waals surface area contributed by atoms with E-state index in [1.54, 1.807) is 6.92 Å². The lowest BCUT2D eigenvalue weighted by Gasteiger charge is -2.18. The molecule has 0 fully saturated rings. The Hall–Kier alpha value is -0.380. The first-order valence-corrected chi connectivity index (χ1v) is 5.41. The second-order valence-corrected chi connectivity index (χ2v) is 5.89. The van der Waals surface area contributed by atoms with Crippen molar-refractivity contribution in [3.05, 3.63) is 0 Å². The number of hydrogen-bond donors (Lipinski definition) is 3. The Labute approximate surface area is 77.9 Å². The van der Waals surface area contributed by atoms with Crippen LogP contribution in [0.5, 0.6) is 0 Å². The van der Waals surface area contributed by atoms with Crippen molar-refractivity contribution < 1.29 is 24.3 Å². The molecule has 6 heteroatoms. The molecule has 0 aromatic carbocycles. The van der Waals surface area contributed by atoms with Crippen LogP contribution in [0, 0.1) is 0 Å². The number of carboxylic acids is 1. The van der Waals surface area contributed by atoms with Crippen molar-refractivity contribution in [3.63, 3.8) is 0 Å². The van der Waals surface area contributed by atoms with Gasteiger partial charge in [0.1, 0.15) is 0 Å². The van der Waals surface area contributed by atoms with Gasteiger partial charge in [0.05, 0.1) is 5.16 Å². The molecule has 0 aliphatic rings. The van der Waals surface area contributed by atoms with Gasteiger partial charge in [-0.2, -0.15) is 0 Å². The zero-order valence-corrected chi connectivity index (χ0v) is 9.21. The highest BCUT2D eigenvalue weighted by molar-refractivity contribution is 7.53. The minimum Gasteiger partial charge on any atom is -0.481 e. The van der Waals surface area contributed by atoms with Crippen LogP contribution in [0.15, 0.2) is 0 Å². The van der Waals surface area contributed by atoms with Gasteiger partial charge >= 0.3 is 13.6 Å². The van der Waals surface area contributed by atoms with E-state index in [9.17, 15) is 9.36 Å². The fourth-order valence-electron chi connectivity index (χ4n) is 0. The van der Waals surface area contributed by atoms with Crippen LogP contribution in [0.4, 0.5) is 0 Å². The Morgan fingerprint density at radius 3 is 1.46 bits per heavy atom. The highest BCUT2D eigenvalue weighted by Crippen LogP contribution is 2.49. The molecule has 0 amide bonds. The zero-order valence-electron chi connectivity index (χ0n) is 8.31. The monoisotopic (exact) mass is 212 g/mol. The Kier molecular flexibility index (Phi) is 6.24. The van der Waals surface area contributed by atoms with E-state index in [0.717, 1.165) is 0 Å². The minimum atomic E-state index is -3.85. The Morgan fingerprint density at radius 2 is 1.46 bits per heavy atom. The second kappa shape index (κ2) is 5.37. The predicted octanol–water partition coefficient (Wildman–Crippen LogP) is 1.44. The summed E-state index contributed by atoms with van der Waals surface area (Å²) in [6.45, 7) is 6.12. The molecule has 3 N–H and O–H groups in total. The summed E-state index contributed by atoms with van der Waals surface area (Å²) < 4.78 is 10.3. The molecule has 0 unspecified atom stereocenters. The number of hydrogen-bond acceptors (Lipinski definition) is 2. The summed E-state index contributed by atoms with van der Waals surface area (Å²) in [7, 11) is -3.85. The van der Waals surface area contributed by atoms with Gasteiger partial charge in [-0.1, -0.05) is 6.92 Å². The maximum Gasteiger partial charge on any atom is 0.330 e. The van der Waals surface area contributed by atoms with Gasteiger partial charge in [-0.3, -0.25) is 9.36 Å². The van der Waals surface area contributed by atoms with Crippen LogP contribution in [0.2, 0.25) is 0 Å². The zero-order chi connectivity index (χ0) is 11.3. The number of carboxylic acid groups (broad SMARTS) is 1. The Morgan fingerprint density at radius 1 is 1.31 bits per heavy atom. The average molecular weight is 212 g/mol. The molecule has 0 bridgehead atoms. The maximum atomic E-state index is 10.3. The van der Waals surface area contributed by atoms with Gasteiger partial charge in [0.25, 0.3) is 0 Å². The van der Waals surface area contributed by atoms with Crippen molar-refractivity contribution in [2.75, 3.05) is 0 Å². The van der Waals surface area contributed by atoms with E-state index in [1.807, 2.05) is 0 Å². The van der Waals surface area contributed by atoms with Crippen LogP contribution in [-0.4, -0.2) is 26.0 Å². The van der Waals surface area contributed by atoms with E-state index in [0.29, 0.717) is 0 Å². The van der Waals surface area contributed by atoms with Gasteiger partial charge in [-0.05, 0) is 20.8 Å². The van der Waals surface area contributed by atoms with Crippen LogP contribution >= 0.6 is 7.60 Å². The van der Waals surface area contributed by atoms with Gasteiger partial charge < -0.3 is 14.9 Å². The van der Waals surface area contributed by atoms with Crippen LogP contribution in [0.25, 0.3) is 0 Å². The molecule has 13 heavy (non-hydrogen) atoms. The lowest BCUT2D eigenvalue weighted by Crippen LogP contribution is -2.13. The summed E-state index contributed by atoms with van der Waals surface area (Å²) >= 11 is 0. The highest BCUT2D eigenvalue weighted by Gasteiger charge is 2.31. The van der Waals surface area contributed by atoms with Crippen molar-refractivity contribution in [1.82, 2.24) is 0 Å². The Bertz CT molecular complexity index is 199. The first kappa shape index (κ1) is 15.1. The lowest BCUT2D eigenvalue weighted by atomic mass is 10.3. The molecular weight excluding hydrogens is 195 g/mol. The molecule has 5 nitrogen and oxygen atoms in total. The number of rotatable bonds is 1. The third kappa shape index (κ3) is 9.53. The van der Waals surface area contributed by atoms with Crippen LogP contribution in [-0.2, 0) is 9.36 Å². The molecule has 0 saturated heterocycles. The first-order valence-electron chi connectivity index (χ1n) is 3.79. The molecule has 0 rings (SSSR count). The average Bonchev–Trinajstić information content (AvgIpc) is 1.84. The largest absolute Gasteiger partial charge is 0.481 e. The third-order valence-corrected chi connectivity index (χ3v) is 2.92. The van der Waals surface area contributed by atoms with E-state index < -0.39 is 18.7 Å². The van der Waals surface area contributed by atoms with Crippen molar-refractivity contribution >= 4 is 13.6 Å².